The van der Waals surface area contributed by atoms with Crippen molar-refractivity contribution in [1.82, 2.24) is 0 Å². The first-order chi connectivity index (χ1) is 6.24. The van der Waals surface area contributed by atoms with Gasteiger partial charge in [0.2, 0.25) is 0 Å². The first-order valence-electron chi connectivity index (χ1n) is 4.70. The number of aliphatic hydroxyl groups is 1. The van der Waals surface area contributed by atoms with Crippen molar-refractivity contribution < 1.29 is 5.11 Å². The Hall–Kier alpha value is -0.540. The summed E-state index contributed by atoms with van der Waals surface area (Å²) >= 11 is 1.75. The normalized spacial score (nSPS) is 12.8. The summed E-state index contributed by atoms with van der Waals surface area (Å²) in [6, 6.07) is 4.18. The molecule has 74 valence electrons. The summed E-state index contributed by atoms with van der Waals surface area (Å²) in [6.07, 6.45) is 0.639. The lowest BCUT2D eigenvalue weighted by molar-refractivity contribution is 0.186. The molecule has 1 rings (SSSR count). The number of aliphatic hydroxyl groups excluding tert-OH is 1. The summed E-state index contributed by atoms with van der Waals surface area (Å²) in [7, 11) is 0. The smallest absolute Gasteiger partial charge is 0.0908 e. The van der Waals surface area contributed by atoms with Gasteiger partial charge in [0.05, 0.1) is 11.1 Å². The van der Waals surface area contributed by atoms with Crippen LogP contribution in [0, 0.1) is 0 Å². The number of rotatable bonds is 5. The predicted molar refractivity (Wildman–Crippen MR) is 58.5 cm³/mol. The molecule has 1 unspecified atom stereocenters. The molecular formula is C10H17NOS. The van der Waals surface area contributed by atoms with E-state index in [1.165, 1.54) is 5.00 Å². The third-order valence-electron chi connectivity index (χ3n) is 2.02. The molecule has 1 aromatic heterocycles. The van der Waals surface area contributed by atoms with Gasteiger partial charge in [0, 0.05) is 13.1 Å². The molecule has 0 amide bonds. The van der Waals surface area contributed by atoms with Crippen LogP contribution in [0.1, 0.15) is 20.3 Å². The van der Waals surface area contributed by atoms with Gasteiger partial charge in [0.25, 0.3) is 0 Å². The Labute approximate surface area is 83.8 Å². The molecule has 0 fully saturated rings. The summed E-state index contributed by atoms with van der Waals surface area (Å²) in [6.45, 7) is 5.92. The van der Waals surface area contributed by atoms with E-state index < -0.39 is 0 Å². The van der Waals surface area contributed by atoms with Crippen LogP contribution in [-0.4, -0.2) is 24.3 Å². The fraction of sp³-hybridized carbons (Fsp3) is 0.600. The van der Waals surface area contributed by atoms with Crippen molar-refractivity contribution in [3.05, 3.63) is 17.5 Å². The number of nitrogens with zero attached hydrogens (tertiary/aromatic N) is 1. The van der Waals surface area contributed by atoms with Crippen molar-refractivity contribution >= 4 is 16.3 Å². The molecule has 0 saturated carbocycles. The van der Waals surface area contributed by atoms with E-state index in [4.69, 9.17) is 0 Å². The van der Waals surface area contributed by atoms with Crippen LogP contribution in [-0.2, 0) is 0 Å². The van der Waals surface area contributed by atoms with E-state index in [1.807, 2.05) is 6.92 Å². The zero-order valence-electron chi connectivity index (χ0n) is 8.23. The third kappa shape index (κ3) is 3.36. The number of hydrogen-bond acceptors (Lipinski definition) is 3. The van der Waals surface area contributed by atoms with E-state index >= 15 is 0 Å². The van der Waals surface area contributed by atoms with E-state index in [0.29, 0.717) is 0 Å². The topological polar surface area (TPSA) is 23.5 Å². The van der Waals surface area contributed by atoms with Gasteiger partial charge in [-0.1, -0.05) is 0 Å². The lowest BCUT2D eigenvalue weighted by atomic mass is 10.3. The second kappa shape index (κ2) is 5.25. The highest BCUT2D eigenvalue weighted by molar-refractivity contribution is 7.14. The molecule has 3 heteroatoms. The Morgan fingerprint density at radius 3 is 2.85 bits per heavy atom. The van der Waals surface area contributed by atoms with Crippen molar-refractivity contribution in [3.8, 4) is 0 Å². The van der Waals surface area contributed by atoms with E-state index in [2.05, 4.69) is 29.3 Å². The van der Waals surface area contributed by atoms with Crippen LogP contribution in [0.4, 0.5) is 5.00 Å². The van der Waals surface area contributed by atoms with Gasteiger partial charge in [-0.2, -0.15) is 0 Å². The maximum atomic E-state index is 9.17. The van der Waals surface area contributed by atoms with Crippen molar-refractivity contribution in [3.63, 3.8) is 0 Å². The Balaban J connectivity index is 2.44. The Morgan fingerprint density at radius 1 is 1.62 bits per heavy atom. The molecule has 0 aliphatic rings. The van der Waals surface area contributed by atoms with Crippen molar-refractivity contribution in [2.75, 3.05) is 18.0 Å². The van der Waals surface area contributed by atoms with E-state index in [0.717, 1.165) is 19.5 Å². The van der Waals surface area contributed by atoms with Crippen LogP contribution in [0.25, 0.3) is 0 Å². The number of hydrogen-bond donors (Lipinski definition) is 1. The Bertz CT molecular complexity index is 221. The minimum Gasteiger partial charge on any atom is -0.393 e. The molecule has 0 spiro atoms. The van der Waals surface area contributed by atoms with Gasteiger partial charge in [-0.3, -0.25) is 0 Å². The molecule has 0 radical (unpaired) electrons. The maximum Gasteiger partial charge on any atom is 0.0908 e. The van der Waals surface area contributed by atoms with Gasteiger partial charge < -0.3 is 10.0 Å². The predicted octanol–water partition coefficient (Wildman–Crippen LogP) is 2.35. The molecule has 1 N–H and O–H groups in total. The Morgan fingerprint density at radius 2 is 2.38 bits per heavy atom. The average Bonchev–Trinajstić information content (AvgIpc) is 2.58. The summed E-state index contributed by atoms with van der Waals surface area (Å²) in [5, 5.41) is 12.5. The first kappa shape index (κ1) is 10.5. The second-order valence-electron chi connectivity index (χ2n) is 3.17. The summed E-state index contributed by atoms with van der Waals surface area (Å²) < 4.78 is 0. The molecule has 0 aliphatic carbocycles. The van der Waals surface area contributed by atoms with Crippen LogP contribution in [0.3, 0.4) is 0 Å². The van der Waals surface area contributed by atoms with Gasteiger partial charge in [0.1, 0.15) is 0 Å². The highest BCUT2D eigenvalue weighted by Crippen LogP contribution is 2.21. The molecule has 0 saturated heterocycles. The molecule has 0 aromatic carbocycles. The number of anilines is 1. The summed E-state index contributed by atoms with van der Waals surface area (Å²) in [5.41, 5.74) is 0. The van der Waals surface area contributed by atoms with E-state index in [-0.39, 0.29) is 6.10 Å². The molecule has 2 nitrogen and oxygen atoms in total. The van der Waals surface area contributed by atoms with Gasteiger partial charge >= 0.3 is 0 Å². The second-order valence-corrected chi connectivity index (χ2v) is 4.09. The lowest BCUT2D eigenvalue weighted by Gasteiger charge is -2.21. The van der Waals surface area contributed by atoms with Gasteiger partial charge in [-0.15, -0.1) is 11.3 Å². The minimum atomic E-state index is -0.200. The van der Waals surface area contributed by atoms with Crippen molar-refractivity contribution in [2.24, 2.45) is 0 Å². The standard InChI is InChI=1S/C10H17NOS/c1-3-11(7-6-9(2)12)10-5-4-8-13-10/h4-5,8-9,12H,3,6-7H2,1-2H3. The molecule has 1 heterocycles. The van der Waals surface area contributed by atoms with Gasteiger partial charge in [0.15, 0.2) is 0 Å². The van der Waals surface area contributed by atoms with E-state index in [9.17, 15) is 5.11 Å². The summed E-state index contributed by atoms with van der Waals surface area (Å²) in [4.78, 5) is 2.29. The van der Waals surface area contributed by atoms with Crippen LogP contribution in [0.15, 0.2) is 17.5 Å². The molecule has 13 heavy (non-hydrogen) atoms. The van der Waals surface area contributed by atoms with Crippen molar-refractivity contribution in [2.45, 2.75) is 26.4 Å². The van der Waals surface area contributed by atoms with Crippen LogP contribution in [0.5, 0.6) is 0 Å². The molecule has 0 bridgehead atoms. The zero-order chi connectivity index (χ0) is 9.68. The monoisotopic (exact) mass is 199 g/mol. The highest BCUT2D eigenvalue weighted by atomic mass is 32.1. The Kier molecular flexibility index (Phi) is 4.25. The fourth-order valence-electron chi connectivity index (χ4n) is 1.22. The third-order valence-corrected chi connectivity index (χ3v) is 2.95. The molecule has 0 aliphatic heterocycles. The van der Waals surface area contributed by atoms with Crippen LogP contribution in [0.2, 0.25) is 0 Å². The SMILES string of the molecule is CCN(CCC(C)O)c1cccs1. The first-order valence-corrected chi connectivity index (χ1v) is 5.58. The molecular weight excluding hydrogens is 182 g/mol. The van der Waals surface area contributed by atoms with Gasteiger partial charge in [-0.05, 0) is 37.8 Å². The van der Waals surface area contributed by atoms with Crippen LogP contribution >= 0.6 is 11.3 Å². The van der Waals surface area contributed by atoms with Gasteiger partial charge in [-0.25, -0.2) is 0 Å². The van der Waals surface area contributed by atoms with E-state index in [1.54, 1.807) is 11.3 Å². The average molecular weight is 199 g/mol. The highest BCUT2D eigenvalue weighted by Gasteiger charge is 2.05. The maximum absolute atomic E-state index is 9.17. The lowest BCUT2D eigenvalue weighted by Crippen LogP contribution is -2.25. The molecule has 1 atom stereocenters. The largest absolute Gasteiger partial charge is 0.393 e. The van der Waals surface area contributed by atoms with Crippen molar-refractivity contribution in [1.29, 1.82) is 0 Å². The summed E-state index contributed by atoms with van der Waals surface area (Å²) in [5.74, 6) is 0. The quantitative estimate of drug-likeness (QED) is 0.787. The zero-order valence-corrected chi connectivity index (χ0v) is 9.05. The fourth-order valence-corrected chi connectivity index (χ4v) is 2.04. The number of thiophene rings is 1. The molecule has 1 aromatic rings. The van der Waals surface area contributed by atoms with Crippen LogP contribution < -0.4 is 4.90 Å². The minimum absolute atomic E-state index is 0.200.